The number of nitrogens with zero attached hydrogens (tertiary/aromatic N) is 4. The Morgan fingerprint density at radius 2 is 2.00 bits per heavy atom. The molecule has 5 rings (SSSR count). The lowest BCUT2D eigenvalue weighted by molar-refractivity contribution is -0.330. The predicted octanol–water partition coefficient (Wildman–Crippen LogP) is 4.83. The van der Waals surface area contributed by atoms with Gasteiger partial charge in [0.15, 0.2) is 5.82 Å². The topological polar surface area (TPSA) is 118 Å². The van der Waals surface area contributed by atoms with Gasteiger partial charge in [-0.2, -0.15) is 5.10 Å². The van der Waals surface area contributed by atoms with Gasteiger partial charge in [0.1, 0.15) is 17.9 Å². The number of imidazole rings is 1. The van der Waals surface area contributed by atoms with Gasteiger partial charge in [-0.15, -0.1) is 13.2 Å². The molecule has 0 spiro atoms. The largest absolute Gasteiger partial charge is 0.522 e. The van der Waals surface area contributed by atoms with Gasteiger partial charge in [0.05, 0.1) is 18.0 Å². The lowest BCUT2D eigenvalue weighted by Gasteiger charge is -2.18. The molecule has 2 aliphatic carbocycles. The lowest BCUT2D eigenvalue weighted by Crippen LogP contribution is -2.36. The highest BCUT2D eigenvalue weighted by Gasteiger charge is 2.41. The van der Waals surface area contributed by atoms with Gasteiger partial charge in [-0.05, 0) is 39.5 Å². The van der Waals surface area contributed by atoms with E-state index in [9.17, 15) is 18.0 Å². The highest BCUT2D eigenvalue weighted by Crippen LogP contribution is 2.41. The number of ether oxygens (including phenoxy) is 2. The maximum absolute atomic E-state index is 15.1. The average molecular weight is 526 g/mol. The van der Waals surface area contributed by atoms with Gasteiger partial charge in [0.2, 0.25) is 5.95 Å². The van der Waals surface area contributed by atoms with Crippen molar-refractivity contribution in [1.82, 2.24) is 29.9 Å². The summed E-state index contributed by atoms with van der Waals surface area (Å²) in [7, 11) is 0. The number of hydrogen-bond donors (Lipinski definition) is 3. The molecule has 14 heteroatoms. The van der Waals surface area contributed by atoms with Crippen molar-refractivity contribution >= 4 is 23.5 Å². The number of alkyl carbamates (subject to hydrolysis) is 1. The Labute approximate surface area is 209 Å². The Balaban J connectivity index is 1.32. The molecule has 0 saturated heterocycles. The van der Waals surface area contributed by atoms with E-state index in [-0.39, 0.29) is 17.7 Å². The summed E-state index contributed by atoms with van der Waals surface area (Å²) in [5, 5.41) is 12.7. The van der Waals surface area contributed by atoms with Crippen LogP contribution < -0.4 is 10.6 Å². The van der Waals surface area contributed by atoms with Gasteiger partial charge in [-0.25, -0.2) is 19.2 Å². The SMILES string of the molecule is CC(C)NC(=O)O[C@@H]1CC[C@H](c2cc(Nc3nc(C4CC4)cc4nc(COC(F)(F)F)cn34)n[nH]2)[C@@H]1F. The van der Waals surface area contributed by atoms with E-state index in [0.717, 1.165) is 18.5 Å². The van der Waals surface area contributed by atoms with Crippen LogP contribution >= 0.6 is 0 Å². The van der Waals surface area contributed by atoms with Crippen LogP contribution in [0.15, 0.2) is 18.3 Å². The lowest BCUT2D eigenvalue weighted by atomic mass is 10.0. The third-order valence-corrected chi connectivity index (χ3v) is 6.31. The zero-order chi connectivity index (χ0) is 26.3. The average Bonchev–Trinajstić information content (AvgIpc) is 3.25. The van der Waals surface area contributed by atoms with E-state index in [4.69, 9.17) is 4.74 Å². The van der Waals surface area contributed by atoms with Crippen molar-refractivity contribution in [3.05, 3.63) is 35.4 Å². The van der Waals surface area contributed by atoms with Crippen LogP contribution in [0.4, 0.5) is 34.1 Å². The number of rotatable bonds is 8. The molecule has 0 aromatic carbocycles. The number of carbonyl (C=O) groups excluding carboxylic acids is 1. The molecule has 0 aliphatic heterocycles. The van der Waals surface area contributed by atoms with Crippen molar-refractivity contribution in [3.63, 3.8) is 0 Å². The van der Waals surface area contributed by atoms with Crippen LogP contribution in [0, 0.1) is 0 Å². The minimum absolute atomic E-state index is 0.0941. The quantitative estimate of drug-likeness (QED) is 0.361. The molecule has 3 N–H and O–H groups in total. The van der Waals surface area contributed by atoms with E-state index in [0.29, 0.717) is 35.9 Å². The first kappa shape index (κ1) is 25.2. The van der Waals surface area contributed by atoms with Crippen LogP contribution in [-0.4, -0.2) is 55.3 Å². The predicted molar refractivity (Wildman–Crippen MR) is 123 cm³/mol. The molecule has 3 atom stereocenters. The number of aromatic nitrogens is 5. The van der Waals surface area contributed by atoms with Gasteiger partial charge in [0.25, 0.3) is 0 Å². The molecule has 3 aromatic rings. The molecule has 1 amide bonds. The molecule has 2 aliphatic rings. The second kappa shape index (κ2) is 9.80. The number of halogens is 4. The molecule has 2 fully saturated rings. The van der Waals surface area contributed by atoms with Crippen LogP contribution in [0.5, 0.6) is 0 Å². The van der Waals surface area contributed by atoms with Gasteiger partial charge < -0.3 is 15.4 Å². The Hall–Kier alpha value is -3.42. The van der Waals surface area contributed by atoms with Gasteiger partial charge in [0, 0.05) is 41.9 Å². The second-order valence-corrected chi connectivity index (χ2v) is 9.68. The number of amides is 1. The summed E-state index contributed by atoms with van der Waals surface area (Å²) in [6.45, 7) is 2.84. The fourth-order valence-electron chi connectivity index (χ4n) is 4.44. The Bertz CT molecular complexity index is 1270. The highest BCUT2D eigenvalue weighted by atomic mass is 19.4. The molecule has 0 unspecified atom stereocenters. The van der Waals surface area contributed by atoms with Crippen molar-refractivity contribution in [1.29, 1.82) is 0 Å². The van der Waals surface area contributed by atoms with Crippen LogP contribution in [0.1, 0.15) is 68.4 Å². The van der Waals surface area contributed by atoms with Crippen molar-refractivity contribution in [2.24, 2.45) is 0 Å². The molecule has 3 aromatic heterocycles. The molecular weight excluding hydrogens is 498 g/mol. The molecule has 3 heterocycles. The minimum atomic E-state index is -4.77. The summed E-state index contributed by atoms with van der Waals surface area (Å²) in [5.74, 6) is 0.401. The number of fused-ring (bicyclic) bond motifs is 1. The van der Waals surface area contributed by atoms with Gasteiger partial charge in [-0.3, -0.25) is 14.2 Å². The highest BCUT2D eigenvalue weighted by molar-refractivity contribution is 5.67. The standard InChI is InChI=1S/C23H27F4N7O3/c1-11(2)28-22(35)37-17-6-5-14(20(17)24)16-7-18(33-32-16)31-21-30-15(12-3-4-12)8-19-29-13(9-34(19)21)10-36-23(25,26)27/h7-9,11-12,14,17,20H,3-6,10H2,1-2H3,(H,28,35)(H2,30,31,32,33)/t14-,17-,20+/m1/s1. The molecule has 200 valence electrons. The fourth-order valence-corrected chi connectivity index (χ4v) is 4.44. The van der Waals surface area contributed by atoms with E-state index in [1.807, 2.05) is 0 Å². The smallest absolute Gasteiger partial charge is 0.443 e. The van der Waals surface area contributed by atoms with Crippen molar-refractivity contribution in [2.45, 2.75) is 82.7 Å². The first-order chi connectivity index (χ1) is 17.6. The minimum Gasteiger partial charge on any atom is -0.443 e. The second-order valence-electron chi connectivity index (χ2n) is 9.68. The molecule has 10 nitrogen and oxygen atoms in total. The third kappa shape index (κ3) is 5.95. The van der Waals surface area contributed by atoms with Crippen LogP contribution in [0.3, 0.4) is 0 Å². The Kier molecular flexibility index (Phi) is 6.68. The number of aromatic amines is 1. The summed E-state index contributed by atoms with van der Waals surface area (Å²) >= 11 is 0. The van der Waals surface area contributed by atoms with E-state index < -0.39 is 37.3 Å². The van der Waals surface area contributed by atoms with Crippen LogP contribution in [0.25, 0.3) is 5.65 Å². The van der Waals surface area contributed by atoms with Crippen molar-refractivity contribution in [2.75, 3.05) is 5.32 Å². The van der Waals surface area contributed by atoms with E-state index >= 15 is 4.39 Å². The summed E-state index contributed by atoms with van der Waals surface area (Å²) in [5.41, 5.74) is 1.83. The van der Waals surface area contributed by atoms with E-state index in [1.54, 1.807) is 26.0 Å². The van der Waals surface area contributed by atoms with E-state index in [2.05, 4.69) is 35.5 Å². The van der Waals surface area contributed by atoms with Crippen LogP contribution in [-0.2, 0) is 16.1 Å². The Morgan fingerprint density at radius 1 is 1.22 bits per heavy atom. The van der Waals surface area contributed by atoms with Gasteiger partial charge in [-0.1, -0.05) is 0 Å². The Morgan fingerprint density at radius 3 is 2.70 bits per heavy atom. The number of nitrogens with one attached hydrogen (secondary N) is 3. The number of H-pyrrole nitrogens is 1. The maximum Gasteiger partial charge on any atom is 0.522 e. The van der Waals surface area contributed by atoms with Crippen molar-refractivity contribution < 1.29 is 31.8 Å². The first-order valence-electron chi connectivity index (χ1n) is 12.1. The summed E-state index contributed by atoms with van der Waals surface area (Å²) in [4.78, 5) is 20.8. The summed E-state index contributed by atoms with van der Waals surface area (Å²) < 4.78 is 63.2. The van der Waals surface area contributed by atoms with Crippen LogP contribution in [0.2, 0.25) is 0 Å². The molecule has 0 bridgehead atoms. The molecular formula is C23H27F4N7O3. The number of carbonyl (C=O) groups is 1. The monoisotopic (exact) mass is 525 g/mol. The molecule has 2 saturated carbocycles. The van der Waals surface area contributed by atoms with Crippen molar-refractivity contribution in [3.8, 4) is 0 Å². The number of alkyl halides is 4. The maximum atomic E-state index is 15.1. The fraction of sp³-hybridized carbons (Fsp3) is 0.565. The normalized spacial score (nSPS) is 22.1. The summed E-state index contributed by atoms with van der Waals surface area (Å²) in [6.07, 6.45) is -3.48. The third-order valence-electron chi connectivity index (χ3n) is 6.31. The van der Waals surface area contributed by atoms with Gasteiger partial charge >= 0.3 is 12.5 Å². The zero-order valence-corrected chi connectivity index (χ0v) is 20.2. The first-order valence-corrected chi connectivity index (χ1v) is 12.1. The van der Waals surface area contributed by atoms with E-state index in [1.165, 1.54) is 10.6 Å². The number of anilines is 2. The zero-order valence-electron chi connectivity index (χ0n) is 20.2. The molecule has 37 heavy (non-hydrogen) atoms. The number of hydrogen-bond acceptors (Lipinski definition) is 7. The summed E-state index contributed by atoms with van der Waals surface area (Å²) in [6, 6.07) is 3.28. The molecule has 0 radical (unpaired) electrons.